The van der Waals surface area contributed by atoms with E-state index >= 15 is 0 Å². The Hall–Kier alpha value is -1.50. The van der Waals surface area contributed by atoms with Crippen molar-refractivity contribution in [1.82, 2.24) is 0 Å². The van der Waals surface area contributed by atoms with Crippen molar-refractivity contribution < 1.29 is 5.11 Å². The summed E-state index contributed by atoms with van der Waals surface area (Å²) in [7, 11) is 0. The third kappa shape index (κ3) is 160. The fourth-order valence-corrected chi connectivity index (χ4v) is 0. The van der Waals surface area contributed by atoms with Crippen LogP contribution in [0.15, 0.2) is 65.5 Å². The predicted octanol–water partition coefficient (Wildman–Crippen LogP) is 3.90. The van der Waals surface area contributed by atoms with Crippen molar-refractivity contribution in [2.24, 2.45) is 0 Å². The van der Waals surface area contributed by atoms with Crippen LogP contribution < -0.4 is 0 Å². The van der Waals surface area contributed by atoms with Crippen LogP contribution in [0.2, 0.25) is 0 Å². The second-order valence-electron chi connectivity index (χ2n) is 0.183. The van der Waals surface area contributed by atoms with Gasteiger partial charge in [-0.2, -0.15) is 0 Å². The largest absolute Gasteiger partial charge is 0.516 e. The average molecular weight is 156 g/mol. The summed E-state index contributed by atoms with van der Waals surface area (Å²) in [5.74, 6) is 0. The minimum Gasteiger partial charge on any atom is -0.516 e. The Kier molecular flexibility index (Phi) is 5890. The zero-order chi connectivity index (χ0) is 10.7. The molecule has 0 saturated heterocycles. The standard InChI is InChI=1S/C2H4O.4C2H4/c1-2-3;4*1-2/h2-3H,1H2;4*1-2H2. The maximum atomic E-state index is 7.33. The van der Waals surface area contributed by atoms with E-state index < -0.39 is 0 Å². The van der Waals surface area contributed by atoms with Gasteiger partial charge in [0.15, 0.2) is 0 Å². The Morgan fingerprint density at radius 2 is 0.636 bits per heavy atom. The first-order chi connectivity index (χ1) is 5.41. The van der Waals surface area contributed by atoms with Crippen molar-refractivity contribution in [3.05, 3.63) is 65.5 Å². The molecule has 0 aromatic heterocycles. The monoisotopic (exact) mass is 156 g/mol. The first-order valence-corrected chi connectivity index (χ1v) is 2.67. The molecule has 0 aliphatic rings. The molecular weight excluding hydrogens is 136 g/mol. The first-order valence-electron chi connectivity index (χ1n) is 2.67. The van der Waals surface area contributed by atoms with E-state index in [2.05, 4.69) is 59.2 Å². The van der Waals surface area contributed by atoms with Gasteiger partial charge in [0.2, 0.25) is 0 Å². The van der Waals surface area contributed by atoms with Gasteiger partial charge in [-0.15, -0.1) is 52.6 Å². The van der Waals surface area contributed by atoms with Gasteiger partial charge >= 0.3 is 0 Å². The van der Waals surface area contributed by atoms with Crippen molar-refractivity contribution in [2.75, 3.05) is 0 Å². The molecule has 0 bridgehead atoms. The molecule has 0 spiro atoms. The molecule has 66 valence electrons. The van der Waals surface area contributed by atoms with Gasteiger partial charge in [0, 0.05) is 0 Å². The Balaban J connectivity index is -0.0000000139. The smallest absolute Gasteiger partial charge is 0.0719 e. The lowest BCUT2D eigenvalue weighted by molar-refractivity contribution is 0.476. The SMILES string of the molecule is C=C.C=C.C=C.C=C.C=CO. The van der Waals surface area contributed by atoms with Crippen LogP contribution >= 0.6 is 0 Å². The van der Waals surface area contributed by atoms with Gasteiger partial charge in [-0.05, 0) is 0 Å². The van der Waals surface area contributed by atoms with Gasteiger partial charge in [-0.3, -0.25) is 0 Å². The van der Waals surface area contributed by atoms with Gasteiger partial charge in [-0.1, -0.05) is 6.58 Å². The number of rotatable bonds is 0. The number of aliphatic hydroxyl groups excluding tert-OH is 1. The summed E-state index contributed by atoms with van der Waals surface area (Å²) in [6.07, 6.45) is 0.750. The Bertz CT molecular complexity index is 34.1. The molecule has 1 N–H and O–H groups in total. The first kappa shape index (κ1) is 33.9. The zero-order valence-corrected chi connectivity index (χ0v) is 7.39. The third-order valence-corrected chi connectivity index (χ3v) is 0. The summed E-state index contributed by atoms with van der Waals surface area (Å²) in [5.41, 5.74) is 0. The fraction of sp³-hybridized carbons (Fsp3) is 0. The molecule has 0 heterocycles. The topological polar surface area (TPSA) is 20.2 Å². The molecule has 1 nitrogen and oxygen atoms in total. The van der Waals surface area contributed by atoms with Crippen LogP contribution in [0.1, 0.15) is 0 Å². The van der Waals surface area contributed by atoms with E-state index in [4.69, 9.17) is 5.11 Å². The van der Waals surface area contributed by atoms with Crippen LogP contribution in [-0.2, 0) is 0 Å². The van der Waals surface area contributed by atoms with E-state index in [0.717, 1.165) is 6.26 Å². The highest BCUT2D eigenvalue weighted by Gasteiger charge is 1.11. The molecule has 0 rings (SSSR count). The van der Waals surface area contributed by atoms with Gasteiger partial charge in [0.25, 0.3) is 0 Å². The molecule has 0 aromatic rings. The minimum absolute atomic E-state index is 0.750. The van der Waals surface area contributed by atoms with Crippen LogP contribution in [-0.4, -0.2) is 5.11 Å². The molecule has 0 aliphatic carbocycles. The molecule has 0 saturated carbocycles. The number of aliphatic hydroxyl groups is 1. The summed E-state index contributed by atoms with van der Waals surface area (Å²) >= 11 is 0. The van der Waals surface area contributed by atoms with Crippen LogP contribution in [0.3, 0.4) is 0 Å². The second-order valence-corrected chi connectivity index (χ2v) is 0.183. The summed E-state index contributed by atoms with van der Waals surface area (Å²) < 4.78 is 0. The molecule has 0 radical (unpaired) electrons. The summed E-state index contributed by atoms with van der Waals surface area (Å²) in [5, 5.41) is 7.33. The molecular formula is C10H20O. The molecule has 11 heavy (non-hydrogen) atoms. The maximum Gasteiger partial charge on any atom is 0.0719 e. The summed E-state index contributed by atoms with van der Waals surface area (Å²) in [6.45, 7) is 26.9. The van der Waals surface area contributed by atoms with Gasteiger partial charge in [-0.25, -0.2) is 0 Å². The normalized spacial score (nSPS) is 2.55. The molecule has 0 amide bonds. The van der Waals surface area contributed by atoms with Crippen molar-refractivity contribution in [3.63, 3.8) is 0 Å². The van der Waals surface area contributed by atoms with E-state index in [0.29, 0.717) is 0 Å². The van der Waals surface area contributed by atoms with Crippen LogP contribution in [0.5, 0.6) is 0 Å². The van der Waals surface area contributed by atoms with Crippen molar-refractivity contribution in [3.8, 4) is 0 Å². The molecule has 0 fully saturated rings. The van der Waals surface area contributed by atoms with E-state index in [-0.39, 0.29) is 0 Å². The Morgan fingerprint density at radius 3 is 0.636 bits per heavy atom. The highest BCUT2D eigenvalue weighted by Crippen LogP contribution is 1.26. The van der Waals surface area contributed by atoms with E-state index in [1.165, 1.54) is 0 Å². The third-order valence-electron chi connectivity index (χ3n) is 0. The lowest BCUT2D eigenvalue weighted by Gasteiger charge is -1.41. The predicted molar refractivity (Wildman–Crippen MR) is 57.8 cm³/mol. The summed E-state index contributed by atoms with van der Waals surface area (Å²) in [6, 6.07) is 0. The Morgan fingerprint density at radius 1 is 0.636 bits per heavy atom. The van der Waals surface area contributed by atoms with E-state index in [9.17, 15) is 0 Å². The molecule has 0 aromatic carbocycles. The van der Waals surface area contributed by atoms with Gasteiger partial charge in [0.05, 0.1) is 6.26 Å². The highest BCUT2D eigenvalue weighted by atomic mass is 16.2. The average Bonchev–Trinajstić information content (AvgIpc) is 2.18. The van der Waals surface area contributed by atoms with E-state index in [1.54, 1.807) is 0 Å². The zero-order valence-electron chi connectivity index (χ0n) is 7.39. The lowest BCUT2D eigenvalue weighted by Crippen LogP contribution is -1.25. The number of hydrogen-bond acceptors (Lipinski definition) is 1. The maximum absolute atomic E-state index is 7.33. The van der Waals surface area contributed by atoms with Crippen molar-refractivity contribution in [2.45, 2.75) is 0 Å². The van der Waals surface area contributed by atoms with Gasteiger partial charge in [0.1, 0.15) is 0 Å². The Labute approximate surface area is 71.4 Å². The van der Waals surface area contributed by atoms with E-state index in [1.807, 2.05) is 0 Å². The minimum atomic E-state index is 0.750. The molecule has 0 aliphatic heterocycles. The van der Waals surface area contributed by atoms with Gasteiger partial charge < -0.3 is 5.11 Å². The van der Waals surface area contributed by atoms with Crippen LogP contribution in [0, 0.1) is 0 Å². The van der Waals surface area contributed by atoms with Crippen molar-refractivity contribution >= 4 is 0 Å². The van der Waals surface area contributed by atoms with Crippen LogP contribution in [0.4, 0.5) is 0 Å². The fourth-order valence-electron chi connectivity index (χ4n) is 0. The summed E-state index contributed by atoms with van der Waals surface area (Å²) in [4.78, 5) is 0. The number of hydrogen-bond donors (Lipinski definition) is 1. The van der Waals surface area contributed by atoms with Crippen LogP contribution in [0.25, 0.3) is 0 Å². The molecule has 0 atom stereocenters. The highest BCUT2D eigenvalue weighted by molar-refractivity contribution is 4.38. The van der Waals surface area contributed by atoms with Crippen molar-refractivity contribution in [1.29, 1.82) is 0 Å². The quantitative estimate of drug-likeness (QED) is 0.416. The lowest BCUT2D eigenvalue weighted by atomic mass is 11.2. The second kappa shape index (κ2) is 1910. The molecule has 0 unspecified atom stereocenters. The molecule has 1 heteroatoms.